The molecule has 1 atom stereocenters. The number of likely N-dealkylation sites (tertiary alicyclic amines) is 1. The van der Waals surface area contributed by atoms with Crippen LogP contribution in [0, 0.1) is 0 Å². The summed E-state index contributed by atoms with van der Waals surface area (Å²) < 4.78 is 0. The van der Waals surface area contributed by atoms with Crippen LogP contribution in [0.3, 0.4) is 0 Å². The lowest BCUT2D eigenvalue weighted by Gasteiger charge is -2.42. The second kappa shape index (κ2) is 9.26. The molecule has 2 aromatic rings. The SMILES string of the molecule is CC(c1cc(Cl)cc(Cl)c1)N(C)C(=O)CC1(c2cccc(Cl)c2)CCN(C)CC1. The van der Waals surface area contributed by atoms with Gasteiger partial charge in [0.2, 0.25) is 5.91 Å². The fourth-order valence-corrected chi connectivity index (χ4v) is 4.84. The first-order valence-electron chi connectivity index (χ1n) is 9.86. The van der Waals surface area contributed by atoms with Crippen molar-refractivity contribution < 1.29 is 4.79 Å². The first-order valence-corrected chi connectivity index (χ1v) is 11.0. The first kappa shape index (κ1) is 22.4. The minimum absolute atomic E-state index is 0.109. The minimum atomic E-state index is -0.200. The van der Waals surface area contributed by atoms with Crippen LogP contribution in [0.15, 0.2) is 42.5 Å². The smallest absolute Gasteiger partial charge is 0.223 e. The third-order valence-corrected chi connectivity index (χ3v) is 6.88. The molecule has 29 heavy (non-hydrogen) atoms. The predicted octanol–water partition coefficient (Wildman–Crippen LogP) is 6.22. The van der Waals surface area contributed by atoms with Gasteiger partial charge in [-0.2, -0.15) is 0 Å². The molecule has 1 heterocycles. The summed E-state index contributed by atoms with van der Waals surface area (Å²) in [7, 11) is 3.98. The molecule has 3 rings (SSSR count). The summed E-state index contributed by atoms with van der Waals surface area (Å²) in [5.41, 5.74) is 1.88. The number of rotatable bonds is 5. The number of amides is 1. The Balaban J connectivity index is 1.84. The van der Waals surface area contributed by atoms with E-state index in [1.807, 2.05) is 44.3 Å². The maximum absolute atomic E-state index is 13.4. The number of hydrogen-bond donors (Lipinski definition) is 0. The monoisotopic (exact) mass is 452 g/mol. The maximum Gasteiger partial charge on any atom is 0.223 e. The average molecular weight is 454 g/mol. The number of benzene rings is 2. The van der Waals surface area contributed by atoms with Crippen molar-refractivity contribution >= 4 is 40.7 Å². The van der Waals surface area contributed by atoms with E-state index >= 15 is 0 Å². The van der Waals surface area contributed by atoms with Crippen molar-refractivity contribution in [1.29, 1.82) is 0 Å². The van der Waals surface area contributed by atoms with Crippen molar-refractivity contribution in [3.05, 3.63) is 68.7 Å². The lowest BCUT2D eigenvalue weighted by atomic mass is 9.70. The van der Waals surface area contributed by atoms with Crippen molar-refractivity contribution in [3.63, 3.8) is 0 Å². The zero-order valence-electron chi connectivity index (χ0n) is 17.1. The van der Waals surface area contributed by atoms with Crippen LogP contribution in [-0.2, 0) is 10.2 Å². The molecule has 1 amide bonds. The number of carbonyl (C=O) groups excluding carboxylic acids is 1. The Hall–Kier alpha value is -1.26. The van der Waals surface area contributed by atoms with Crippen molar-refractivity contribution in [2.45, 2.75) is 37.6 Å². The topological polar surface area (TPSA) is 23.6 Å². The largest absolute Gasteiger partial charge is 0.339 e. The van der Waals surface area contributed by atoms with Crippen LogP contribution >= 0.6 is 34.8 Å². The van der Waals surface area contributed by atoms with Gasteiger partial charge in [-0.3, -0.25) is 4.79 Å². The van der Waals surface area contributed by atoms with Gasteiger partial charge in [-0.25, -0.2) is 0 Å². The Morgan fingerprint density at radius 2 is 1.69 bits per heavy atom. The number of carbonyl (C=O) groups is 1. The molecule has 156 valence electrons. The van der Waals surface area contributed by atoms with E-state index < -0.39 is 0 Å². The Morgan fingerprint density at radius 1 is 1.07 bits per heavy atom. The zero-order valence-corrected chi connectivity index (χ0v) is 19.4. The summed E-state index contributed by atoms with van der Waals surface area (Å²) in [6, 6.07) is 13.3. The lowest BCUT2D eigenvalue weighted by molar-refractivity contribution is -0.133. The van der Waals surface area contributed by atoms with Gasteiger partial charge in [0.15, 0.2) is 0 Å². The summed E-state index contributed by atoms with van der Waals surface area (Å²) in [6.07, 6.45) is 2.32. The molecule has 0 spiro atoms. The van der Waals surface area contributed by atoms with E-state index in [1.165, 1.54) is 0 Å². The summed E-state index contributed by atoms with van der Waals surface area (Å²) >= 11 is 18.6. The number of halogens is 3. The van der Waals surface area contributed by atoms with Crippen molar-refractivity contribution in [1.82, 2.24) is 9.80 Å². The highest BCUT2D eigenvalue weighted by atomic mass is 35.5. The Labute approximate surface area is 188 Å². The molecule has 1 aliphatic rings. The highest BCUT2D eigenvalue weighted by Crippen LogP contribution is 2.40. The Morgan fingerprint density at radius 3 is 2.28 bits per heavy atom. The van der Waals surface area contributed by atoms with E-state index in [2.05, 4.69) is 18.0 Å². The van der Waals surface area contributed by atoms with Gasteiger partial charge < -0.3 is 9.80 Å². The van der Waals surface area contributed by atoms with E-state index in [9.17, 15) is 4.79 Å². The molecule has 0 radical (unpaired) electrons. The molecule has 3 nitrogen and oxygen atoms in total. The zero-order chi connectivity index (χ0) is 21.2. The second-order valence-corrected chi connectivity index (χ2v) is 9.46. The summed E-state index contributed by atoms with van der Waals surface area (Å²) in [5.74, 6) is 0.109. The molecule has 0 bridgehead atoms. The maximum atomic E-state index is 13.4. The van der Waals surface area contributed by atoms with E-state index in [4.69, 9.17) is 34.8 Å². The Kier molecular flexibility index (Phi) is 7.16. The Bertz CT molecular complexity index is 858. The molecule has 0 saturated carbocycles. The molecule has 6 heteroatoms. The highest BCUT2D eigenvalue weighted by molar-refractivity contribution is 6.34. The average Bonchev–Trinajstić information content (AvgIpc) is 2.68. The van der Waals surface area contributed by atoms with Gasteiger partial charge in [-0.1, -0.05) is 46.9 Å². The number of nitrogens with zero attached hydrogens (tertiary/aromatic N) is 2. The molecule has 1 unspecified atom stereocenters. The van der Waals surface area contributed by atoms with E-state index in [-0.39, 0.29) is 17.4 Å². The summed E-state index contributed by atoms with van der Waals surface area (Å²) in [4.78, 5) is 17.5. The van der Waals surface area contributed by atoms with Crippen LogP contribution in [0.25, 0.3) is 0 Å². The van der Waals surface area contributed by atoms with Gasteiger partial charge in [0.1, 0.15) is 0 Å². The van der Waals surface area contributed by atoms with Crippen LogP contribution in [-0.4, -0.2) is 42.9 Å². The summed E-state index contributed by atoms with van der Waals surface area (Å²) in [5, 5.41) is 1.86. The van der Waals surface area contributed by atoms with Crippen LogP contribution in [0.4, 0.5) is 0 Å². The van der Waals surface area contributed by atoms with Crippen LogP contribution < -0.4 is 0 Å². The standard InChI is InChI=1S/C23H27Cl3N2O/c1-16(17-11-20(25)14-21(26)12-17)28(3)22(29)15-23(7-9-27(2)10-8-23)18-5-4-6-19(24)13-18/h4-6,11-14,16H,7-10,15H2,1-3H3. The van der Waals surface area contributed by atoms with Crippen molar-refractivity contribution in [3.8, 4) is 0 Å². The van der Waals surface area contributed by atoms with Gasteiger partial charge in [0.25, 0.3) is 0 Å². The molecule has 1 aliphatic heterocycles. The van der Waals surface area contributed by atoms with Gasteiger partial charge in [-0.15, -0.1) is 0 Å². The molecule has 1 saturated heterocycles. The van der Waals surface area contributed by atoms with Gasteiger partial charge in [0.05, 0.1) is 6.04 Å². The molecule has 0 aliphatic carbocycles. The molecule has 1 fully saturated rings. The molecular formula is C23H27Cl3N2O. The minimum Gasteiger partial charge on any atom is -0.339 e. The molecule has 2 aromatic carbocycles. The van der Waals surface area contributed by atoms with Gasteiger partial charge in [0, 0.05) is 34.0 Å². The lowest BCUT2D eigenvalue weighted by Crippen LogP contribution is -2.44. The van der Waals surface area contributed by atoms with E-state index in [1.54, 1.807) is 11.0 Å². The normalized spacial score (nSPS) is 17.7. The predicted molar refractivity (Wildman–Crippen MR) is 122 cm³/mol. The summed E-state index contributed by atoms with van der Waals surface area (Å²) in [6.45, 7) is 3.92. The molecule has 0 N–H and O–H groups in total. The van der Waals surface area contributed by atoms with E-state index in [0.717, 1.165) is 37.1 Å². The third-order valence-electron chi connectivity index (χ3n) is 6.21. The second-order valence-electron chi connectivity index (χ2n) is 8.15. The van der Waals surface area contributed by atoms with Gasteiger partial charge in [-0.05, 0) is 81.4 Å². The fraction of sp³-hybridized carbons (Fsp3) is 0.435. The molecule has 0 aromatic heterocycles. The van der Waals surface area contributed by atoms with Crippen LogP contribution in [0.2, 0.25) is 15.1 Å². The third kappa shape index (κ3) is 5.27. The van der Waals surface area contributed by atoms with E-state index in [0.29, 0.717) is 21.5 Å². The molecular weight excluding hydrogens is 427 g/mol. The van der Waals surface area contributed by atoms with Crippen LogP contribution in [0.1, 0.15) is 43.4 Å². The van der Waals surface area contributed by atoms with Crippen molar-refractivity contribution in [2.24, 2.45) is 0 Å². The highest BCUT2D eigenvalue weighted by Gasteiger charge is 2.38. The number of hydrogen-bond acceptors (Lipinski definition) is 2. The van der Waals surface area contributed by atoms with Crippen LogP contribution in [0.5, 0.6) is 0 Å². The number of piperidine rings is 1. The fourth-order valence-electron chi connectivity index (χ4n) is 4.10. The quantitative estimate of drug-likeness (QED) is 0.536. The van der Waals surface area contributed by atoms with Gasteiger partial charge >= 0.3 is 0 Å². The first-order chi connectivity index (χ1) is 13.7. The van der Waals surface area contributed by atoms with Crippen molar-refractivity contribution in [2.75, 3.05) is 27.2 Å².